The molecule has 1 fully saturated rings. The SMILES string of the molecule is CCN(C(=O)C(C)OC(=O)c1cc(S(N)(=O)=O)ccc1C)C1CCS(=O)(=O)C1. The van der Waals surface area contributed by atoms with Crippen LogP contribution in [0.15, 0.2) is 23.1 Å². The molecule has 0 radical (unpaired) electrons. The van der Waals surface area contributed by atoms with E-state index >= 15 is 0 Å². The maximum absolute atomic E-state index is 12.7. The third kappa shape index (κ3) is 5.09. The van der Waals surface area contributed by atoms with Crippen LogP contribution in [0.5, 0.6) is 0 Å². The molecule has 9 nitrogen and oxygen atoms in total. The van der Waals surface area contributed by atoms with Crippen molar-refractivity contribution in [2.75, 3.05) is 18.1 Å². The van der Waals surface area contributed by atoms with Gasteiger partial charge >= 0.3 is 5.97 Å². The van der Waals surface area contributed by atoms with Gasteiger partial charge < -0.3 is 9.64 Å². The minimum Gasteiger partial charge on any atom is -0.449 e. The minimum atomic E-state index is -4.00. The molecule has 0 aromatic heterocycles. The number of carbonyl (C=O) groups excluding carboxylic acids is 2. The van der Waals surface area contributed by atoms with E-state index in [2.05, 4.69) is 0 Å². The summed E-state index contributed by atoms with van der Waals surface area (Å²) in [6.07, 6.45) is -0.814. The summed E-state index contributed by atoms with van der Waals surface area (Å²) in [7, 11) is -7.17. The average molecular weight is 433 g/mol. The maximum Gasteiger partial charge on any atom is 0.339 e. The van der Waals surface area contributed by atoms with Gasteiger partial charge in [0.2, 0.25) is 10.0 Å². The number of aryl methyl sites for hydroxylation is 1. The molecule has 156 valence electrons. The number of sulfonamides is 1. The lowest BCUT2D eigenvalue weighted by atomic mass is 10.1. The van der Waals surface area contributed by atoms with Crippen LogP contribution in [0.1, 0.15) is 36.2 Å². The van der Waals surface area contributed by atoms with E-state index in [0.29, 0.717) is 12.0 Å². The molecule has 1 saturated heterocycles. The number of hydrogen-bond donors (Lipinski definition) is 1. The molecule has 2 atom stereocenters. The number of nitrogens with zero attached hydrogens (tertiary/aromatic N) is 1. The highest BCUT2D eigenvalue weighted by molar-refractivity contribution is 7.91. The number of rotatable bonds is 6. The van der Waals surface area contributed by atoms with E-state index in [9.17, 15) is 26.4 Å². The van der Waals surface area contributed by atoms with Gasteiger partial charge in [0.05, 0.1) is 22.0 Å². The summed E-state index contributed by atoms with van der Waals surface area (Å²) in [6, 6.07) is 3.35. The Morgan fingerprint density at radius 1 is 1.36 bits per heavy atom. The molecule has 2 N–H and O–H groups in total. The Morgan fingerprint density at radius 3 is 2.50 bits per heavy atom. The summed E-state index contributed by atoms with van der Waals surface area (Å²) in [5.41, 5.74) is 0.448. The van der Waals surface area contributed by atoms with E-state index in [4.69, 9.17) is 9.88 Å². The molecule has 1 heterocycles. The number of ether oxygens (including phenoxy) is 1. The quantitative estimate of drug-likeness (QED) is 0.634. The van der Waals surface area contributed by atoms with Crippen molar-refractivity contribution in [2.45, 2.75) is 44.2 Å². The zero-order valence-electron chi connectivity index (χ0n) is 15.9. The van der Waals surface area contributed by atoms with Gasteiger partial charge in [0.25, 0.3) is 5.91 Å². The lowest BCUT2D eigenvalue weighted by molar-refractivity contribution is -0.141. The highest BCUT2D eigenvalue weighted by atomic mass is 32.2. The molecule has 1 aromatic rings. The second kappa shape index (κ2) is 8.18. The van der Waals surface area contributed by atoms with Gasteiger partial charge in [-0.3, -0.25) is 4.79 Å². The first kappa shape index (κ1) is 22.3. The lowest BCUT2D eigenvalue weighted by Crippen LogP contribution is -2.46. The molecular weight excluding hydrogens is 408 g/mol. The van der Waals surface area contributed by atoms with Gasteiger partial charge in [-0.2, -0.15) is 0 Å². The van der Waals surface area contributed by atoms with Gasteiger partial charge in [-0.25, -0.2) is 26.8 Å². The summed E-state index contributed by atoms with van der Waals surface area (Å²) >= 11 is 0. The summed E-state index contributed by atoms with van der Waals surface area (Å²) in [5, 5.41) is 5.09. The van der Waals surface area contributed by atoms with Crippen LogP contribution in [0.2, 0.25) is 0 Å². The van der Waals surface area contributed by atoms with Gasteiger partial charge in [0.15, 0.2) is 15.9 Å². The monoisotopic (exact) mass is 432 g/mol. The Labute approximate surface area is 164 Å². The Kier molecular flexibility index (Phi) is 6.51. The fourth-order valence-corrected chi connectivity index (χ4v) is 5.39. The van der Waals surface area contributed by atoms with Crippen LogP contribution >= 0.6 is 0 Å². The molecule has 2 unspecified atom stereocenters. The predicted molar refractivity (Wildman–Crippen MR) is 102 cm³/mol. The molecule has 1 amide bonds. The minimum absolute atomic E-state index is 0.0160. The van der Waals surface area contributed by atoms with E-state index in [0.717, 1.165) is 6.07 Å². The summed E-state index contributed by atoms with van der Waals surface area (Å²) in [6.45, 7) is 4.99. The molecule has 1 aromatic carbocycles. The molecule has 1 aliphatic heterocycles. The number of sulfone groups is 1. The van der Waals surface area contributed by atoms with E-state index in [1.165, 1.54) is 24.0 Å². The number of hydrogen-bond acceptors (Lipinski definition) is 7. The molecule has 0 spiro atoms. The summed E-state index contributed by atoms with van der Waals surface area (Å²) in [5.74, 6) is -1.45. The van der Waals surface area contributed by atoms with Crippen LogP contribution in [0.3, 0.4) is 0 Å². The first-order valence-corrected chi connectivity index (χ1v) is 12.1. The number of nitrogens with two attached hydrogens (primary N) is 1. The standard InChI is InChI=1S/C17H24N2O7S2/c1-4-19(13-7-8-27(22,23)10-13)16(20)12(3)26-17(21)15-9-14(28(18,24)25)6-5-11(15)2/h5-6,9,12-13H,4,7-8,10H2,1-3H3,(H2,18,24,25). The number of esters is 1. The number of primary sulfonamides is 1. The second-order valence-corrected chi connectivity index (χ2v) is 10.5. The third-order valence-electron chi connectivity index (χ3n) is 4.66. The van der Waals surface area contributed by atoms with Crippen LogP contribution < -0.4 is 5.14 Å². The topological polar surface area (TPSA) is 141 Å². The maximum atomic E-state index is 12.7. The van der Waals surface area contributed by atoms with Crippen molar-refractivity contribution in [3.8, 4) is 0 Å². The molecule has 28 heavy (non-hydrogen) atoms. The molecule has 11 heteroatoms. The van der Waals surface area contributed by atoms with Crippen molar-refractivity contribution in [1.82, 2.24) is 4.90 Å². The van der Waals surface area contributed by atoms with Gasteiger partial charge in [-0.15, -0.1) is 0 Å². The number of amides is 1. The Hall–Kier alpha value is -1.98. The zero-order chi connectivity index (χ0) is 21.3. The number of carbonyl (C=O) groups is 2. The van der Waals surface area contributed by atoms with Crippen LogP contribution in [-0.2, 0) is 29.4 Å². The highest BCUT2D eigenvalue weighted by Gasteiger charge is 2.36. The molecule has 2 rings (SSSR count). The van der Waals surface area contributed by atoms with Crippen molar-refractivity contribution in [1.29, 1.82) is 0 Å². The fourth-order valence-electron chi connectivity index (χ4n) is 3.12. The molecule has 0 saturated carbocycles. The normalized spacial score (nSPS) is 19.8. The predicted octanol–water partition coefficient (Wildman–Crippen LogP) is 0.223. The van der Waals surface area contributed by atoms with Crippen molar-refractivity contribution >= 4 is 31.7 Å². The smallest absolute Gasteiger partial charge is 0.339 e. The van der Waals surface area contributed by atoms with Crippen LogP contribution in [0.25, 0.3) is 0 Å². The van der Waals surface area contributed by atoms with Crippen LogP contribution in [-0.4, -0.2) is 63.8 Å². The van der Waals surface area contributed by atoms with Crippen molar-refractivity contribution in [3.63, 3.8) is 0 Å². The van der Waals surface area contributed by atoms with E-state index < -0.39 is 43.9 Å². The van der Waals surface area contributed by atoms with Crippen molar-refractivity contribution in [3.05, 3.63) is 29.3 Å². The zero-order valence-corrected chi connectivity index (χ0v) is 17.5. The van der Waals surface area contributed by atoms with Gasteiger partial charge in [-0.1, -0.05) is 6.07 Å². The van der Waals surface area contributed by atoms with Gasteiger partial charge in [0.1, 0.15) is 0 Å². The summed E-state index contributed by atoms with van der Waals surface area (Å²) in [4.78, 5) is 26.3. The molecule has 0 bridgehead atoms. The van der Waals surface area contributed by atoms with E-state index in [1.54, 1.807) is 13.8 Å². The fraction of sp³-hybridized carbons (Fsp3) is 0.529. The number of likely N-dealkylation sites (N-methyl/N-ethyl adjacent to an activating group) is 1. The van der Waals surface area contributed by atoms with Crippen molar-refractivity contribution in [2.24, 2.45) is 5.14 Å². The second-order valence-electron chi connectivity index (χ2n) is 6.75. The lowest BCUT2D eigenvalue weighted by Gasteiger charge is -2.29. The Balaban J connectivity index is 2.16. The largest absolute Gasteiger partial charge is 0.449 e. The van der Waals surface area contributed by atoms with Crippen LogP contribution in [0.4, 0.5) is 0 Å². The average Bonchev–Trinajstić information content (AvgIpc) is 2.94. The Morgan fingerprint density at radius 2 is 2.00 bits per heavy atom. The number of benzene rings is 1. The van der Waals surface area contributed by atoms with E-state index in [-0.39, 0.29) is 28.5 Å². The first-order chi connectivity index (χ1) is 12.9. The van der Waals surface area contributed by atoms with Crippen molar-refractivity contribution < 1.29 is 31.2 Å². The Bertz CT molecular complexity index is 987. The molecule has 0 aliphatic carbocycles. The van der Waals surface area contributed by atoms with Crippen LogP contribution in [0, 0.1) is 6.92 Å². The molecular formula is C17H24N2O7S2. The highest BCUT2D eigenvalue weighted by Crippen LogP contribution is 2.20. The first-order valence-electron chi connectivity index (χ1n) is 8.71. The third-order valence-corrected chi connectivity index (χ3v) is 7.32. The summed E-state index contributed by atoms with van der Waals surface area (Å²) < 4.78 is 51.6. The molecule has 1 aliphatic rings. The van der Waals surface area contributed by atoms with Gasteiger partial charge in [0, 0.05) is 12.6 Å². The van der Waals surface area contributed by atoms with Gasteiger partial charge in [-0.05, 0) is 44.9 Å². The van der Waals surface area contributed by atoms with E-state index in [1.807, 2.05) is 0 Å².